The van der Waals surface area contributed by atoms with Gasteiger partial charge in [-0.25, -0.2) is 13.2 Å². The molecule has 2 saturated carbocycles. The van der Waals surface area contributed by atoms with E-state index in [1.54, 1.807) is 12.1 Å². The summed E-state index contributed by atoms with van der Waals surface area (Å²) < 4.78 is 53.2. The van der Waals surface area contributed by atoms with E-state index in [0.29, 0.717) is 42.1 Å². The van der Waals surface area contributed by atoms with Gasteiger partial charge in [-0.05, 0) is 68.1 Å². The number of aromatic nitrogens is 1. The second-order valence-electron chi connectivity index (χ2n) is 14.0. The van der Waals surface area contributed by atoms with Gasteiger partial charge in [0, 0.05) is 31.1 Å². The van der Waals surface area contributed by atoms with Gasteiger partial charge in [-0.1, -0.05) is 44.2 Å². The molecule has 0 spiro atoms. The van der Waals surface area contributed by atoms with Crippen LogP contribution < -0.4 is 10.6 Å². The van der Waals surface area contributed by atoms with Crippen LogP contribution in [0.5, 0.6) is 0 Å². The second-order valence-corrected chi connectivity index (χ2v) is 16.0. The van der Waals surface area contributed by atoms with Crippen molar-refractivity contribution in [2.24, 2.45) is 17.8 Å². The summed E-state index contributed by atoms with van der Waals surface area (Å²) >= 11 is 0. The number of ether oxygens (including phenoxy) is 3. The smallest absolute Gasteiger partial charge is 0.408 e. The van der Waals surface area contributed by atoms with Crippen LogP contribution in [0.4, 0.5) is 10.8 Å². The third kappa shape index (κ3) is 7.00. The van der Waals surface area contributed by atoms with Gasteiger partial charge in [0.15, 0.2) is 11.9 Å². The first kappa shape index (κ1) is 32.3. The minimum absolute atomic E-state index is 0.0181. The molecule has 3 aromatic rings. The lowest BCUT2D eigenvalue weighted by molar-refractivity contribution is -0.147. The van der Waals surface area contributed by atoms with Crippen LogP contribution in [0.1, 0.15) is 51.5 Å². The Morgan fingerprint density at radius 1 is 1.17 bits per heavy atom. The second kappa shape index (κ2) is 13.0. The van der Waals surface area contributed by atoms with Crippen LogP contribution >= 0.6 is 0 Å². The van der Waals surface area contributed by atoms with Crippen molar-refractivity contribution in [2.45, 2.75) is 87.3 Å². The summed E-state index contributed by atoms with van der Waals surface area (Å²) in [6, 6.07) is 15.0. The number of anilines is 1. The summed E-state index contributed by atoms with van der Waals surface area (Å²) in [6.07, 6.45) is 2.47. The Bertz CT molecular complexity index is 1680. The molecule has 1 unspecified atom stereocenters. The molecule has 1 amide bonds. The summed E-state index contributed by atoms with van der Waals surface area (Å²) in [4.78, 5) is 18.0. The lowest BCUT2D eigenvalue weighted by Crippen LogP contribution is -2.56. The number of hydrogen-bond acceptors (Lipinski definition) is 10. The number of nitrogens with one attached hydrogen (secondary N) is 2. The van der Waals surface area contributed by atoms with Crippen molar-refractivity contribution in [2.75, 3.05) is 31.6 Å². The van der Waals surface area contributed by atoms with E-state index in [1.165, 1.54) is 10.4 Å². The Labute approximate surface area is 275 Å². The first-order chi connectivity index (χ1) is 22.6. The van der Waals surface area contributed by atoms with Crippen molar-refractivity contribution in [3.63, 3.8) is 0 Å². The predicted octanol–water partition coefficient (Wildman–Crippen LogP) is 4.29. The van der Waals surface area contributed by atoms with Gasteiger partial charge in [-0.3, -0.25) is 0 Å². The minimum Gasteiger partial charge on any atom is -0.443 e. The van der Waals surface area contributed by atoms with Gasteiger partial charge in [0.25, 0.3) is 6.01 Å². The Kier molecular flexibility index (Phi) is 8.94. The molecule has 2 aromatic carbocycles. The Morgan fingerprint density at radius 3 is 2.72 bits per heavy atom. The van der Waals surface area contributed by atoms with Crippen LogP contribution in [0.3, 0.4) is 0 Å². The molecule has 0 radical (unpaired) electrons. The number of nitrogens with zero attached hydrogens (tertiary/aromatic N) is 2. The van der Waals surface area contributed by atoms with Gasteiger partial charge in [-0.15, -0.1) is 0 Å². The highest BCUT2D eigenvalue weighted by Gasteiger charge is 2.54. The largest absolute Gasteiger partial charge is 0.443 e. The first-order valence-corrected chi connectivity index (χ1v) is 18.1. The fraction of sp³-hybridized carbons (Fsp3) is 0.588. The Hall–Kier alpha value is -3.23. The molecule has 6 atom stereocenters. The lowest BCUT2D eigenvalue weighted by atomic mass is 9.80. The van der Waals surface area contributed by atoms with E-state index < -0.39 is 34.4 Å². The van der Waals surface area contributed by atoms with E-state index >= 15 is 0 Å². The summed E-state index contributed by atoms with van der Waals surface area (Å²) in [7, 11) is -3.98. The molecule has 2 saturated heterocycles. The SMILES string of the molecule is CC(C)CN(CC[C@@](CO)(Cc1ccccc1)NC(=O)O[C@H]1C[C@H]2CO[C@H]3OC1C[C@@H]23)S(=O)(=O)c1ccc2nc(NC3CC3)oc2c1. The van der Waals surface area contributed by atoms with E-state index in [0.717, 1.165) is 24.8 Å². The molecule has 12 nitrogen and oxygen atoms in total. The number of carbonyl (C=O) groups is 1. The quantitative estimate of drug-likeness (QED) is 0.227. The highest BCUT2D eigenvalue weighted by atomic mass is 32.2. The maximum atomic E-state index is 14.1. The minimum atomic E-state index is -3.98. The number of aliphatic hydroxyl groups excluding tert-OH is 1. The summed E-state index contributed by atoms with van der Waals surface area (Å²) in [6.45, 7) is 4.38. The molecule has 3 heterocycles. The van der Waals surface area contributed by atoms with Crippen LogP contribution in [0.2, 0.25) is 0 Å². The molecule has 7 rings (SSSR count). The molecule has 2 aliphatic carbocycles. The molecule has 2 aliphatic heterocycles. The van der Waals surface area contributed by atoms with Crippen LogP contribution in [0, 0.1) is 17.8 Å². The van der Waals surface area contributed by atoms with E-state index in [-0.39, 0.29) is 55.1 Å². The maximum absolute atomic E-state index is 14.1. The number of sulfonamides is 1. The fourth-order valence-corrected chi connectivity index (χ4v) is 8.78. The third-order valence-electron chi connectivity index (χ3n) is 9.82. The zero-order valence-corrected chi connectivity index (χ0v) is 27.7. The summed E-state index contributed by atoms with van der Waals surface area (Å²) in [5.74, 6) is 0.651. The average Bonchev–Trinajstić information content (AvgIpc) is 3.45. The van der Waals surface area contributed by atoms with E-state index in [2.05, 4.69) is 15.6 Å². The van der Waals surface area contributed by atoms with Gasteiger partial charge in [-0.2, -0.15) is 9.29 Å². The molecule has 4 aliphatic rings. The van der Waals surface area contributed by atoms with Gasteiger partial charge < -0.3 is 34.4 Å². The molecule has 1 aromatic heterocycles. The standard InChI is InChI=1S/C34H44N4O8S/c1-21(2)18-38(47(41,42)25-10-11-27-28(15-25)45-32(36-27)35-24-8-9-24)13-12-34(20-39,17-22-6-4-3-5-7-22)37-33(40)46-29-14-23-19-43-31-26(23)16-30(29)44-31/h3-7,10-11,15,21,23-24,26,29-31,39H,8-9,12-14,16-20H2,1-2H3,(H,35,36)(H,37,40)/t23-,26-,29-,30?,31-,34-/m0/s1. The molecule has 47 heavy (non-hydrogen) atoms. The number of fused-ring (bicyclic) bond motifs is 2. The summed E-state index contributed by atoms with van der Waals surface area (Å²) in [5, 5.41) is 17.1. The summed E-state index contributed by atoms with van der Waals surface area (Å²) in [5.41, 5.74) is 0.652. The van der Waals surface area contributed by atoms with Crippen molar-refractivity contribution < 1.29 is 36.9 Å². The van der Waals surface area contributed by atoms with Crippen molar-refractivity contribution in [1.82, 2.24) is 14.6 Å². The van der Waals surface area contributed by atoms with E-state index in [4.69, 9.17) is 18.6 Å². The number of aliphatic hydroxyl groups is 1. The normalized spacial score (nSPS) is 26.5. The zero-order valence-electron chi connectivity index (χ0n) is 26.8. The number of rotatable bonds is 14. The van der Waals surface area contributed by atoms with Crippen LogP contribution in [0.25, 0.3) is 11.1 Å². The van der Waals surface area contributed by atoms with Gasteiger partial charge in [0.2, 0.25) is 10.0 Å². The van der Waals surface area contributed by atoms with Crippen molar-refractivity contribution >= 4 is 33.2 Å². The Balaban J connectivity index is 1.10. The molecule has 13 heteroatoms. The lowest BCUT2D eigenvalue weighted by Gasteiger charge is -2.37. The van der Waals surface area contributed by atoms with Gasteiger partial charge >= 0.3 is 6.09 Å². The van der Waals surface area contributed by atoms with E-state index in [9.17, 15) is 18.3 Å². The number of hydrogen-bond donors (Lipinski definition) is 3. The molecular formula is C34H44N4O8S. The van der Waals surface area contributed by atoms with Crippen molar-refractivity contribution in [3.05, 3.63) is 54.1 Å². The predicted molar refractivity (Wildman–Crippen MR) is 173 cm³/mol. The van der Waals surface area contributed by atoms with Crippen LogP contribution in [0.15, 0.2) is 57.8 Å². The van der Waals surface area contributed by atoms with Crippen molar-refractivity contribution in [1.29, 1.82) is 0 Å². The maximum Gasteiger partial charge on any atom is 0.408 e. The average molecular weight is 669 g/mol. The zero-order chi connectivity index (χ0) is 32.8. The Morgan fingerprint density at radius 2 is 1.98 bits per heavy atom. The molecule has 254 valence electrons. The topological polar surface area (TPSA) is 152 Å². The first-order valence-electron chi connectivity index (χ1n) is 16.7. The number of carbonyl (C=O) groups excluding carboxylic acids is 1. The van der Waals surface area contributed by atoms with Gasteiger partial charge in [0.05, 0.1) is 29.8 Å². The highest BCUT2D eigenvalue weighted by molar-refractivity contribution is 7.89. The number of oxazole rings is 1. The molecule has 2 bridgehead atoms. The van der Waals surface area contributed by atoms with Gasteiger partial charge in [0.1, 0.15) is 11.6 Å². The van der Waals surface area contributed by atoms with Crippen LogP contribution in [-0.2, 0) is 30.7 Å². The van der Waals surface area contributed by atoms with E-state index in [1.807, 2.05) is 44.2 Å². The van der Waals surface area contributed by atoms with Crippen molar-refractivity contribution in [3.8, 4) is 0 Å². The molecule has 3 N–H and O–H groups in total. The fourth-order valence-electron chi connectivity index (χ4n) is 7.16. The number of amides is 1. The third-order valence-corrected chi connectivity index (χ3v) is 11.7. The van der Waals surface area contributed by atoms with Crippen LogP contribution in [-0.4, -0.2) is 85.3 Å². The number of alkyl carbamates (subject to hydrolysis) is 1. The molecule has 4 fully saturated rings. The number of benzene rings is 2. The monoisotopic (exact) mass is 668 g/mol. The highest BCUT2D eigenvalue weighted by Crippen LogP contribution is 2.47. The molecular weight excluding hydrogens is 624 g/mol.